The van der Waals surface area contributed by atoms with E-state index in [9.17, 15) is 18.3 Å². The Morgan fingerprint density at radius 1 is 1.42 bits per heavy atom. The van der Waals surface area contributed by atoms with Crippen LogP contribution < -0.4 is 4.90 Å². The lowest BCUT2D eigenvalue weighted by atomic mass is 10.1. The molecule has 1 unspecified atom stereocenters. The second-order valence-corrected chi connectivity index (χ2v) is 7.22. The molecule has 2 rings (SSSR count). The molecule has 0 amide bonds. The summed E-state index contributed by atoms with van der Waals surface area (Å²) < 4.78 is 23.0. The molecule has 1 aliphatic rings. The van der Waals surface area contributed by atoms with Crippen LogP contribution in [0.2, 0.25) is 0 Å². The van der Waals surface area contributed by atoms with Crippen molar-refractivity contribution in [3.63, 3.8) is 0 Å². The number of anilines is 1. The molecule has 1 aromatic rings. The molecule has 0 aromatic heterocycles. The van der Waals surface area contributed by atoms with Crippen LogP contribution in [0.5, 0.6) is 0 Å². The number of carboxylic acids is 1. The van der Waals surface area contributed by atoms with E-state index in [2.05, 4.69) is 0 Å². The van der Waals surface area contributed by atoms with E-state index in [0.717, 1.165) is 5.56 Å². The monoisotopic (exact) mass is 283 g/mol. The first-order valence-electron chi connectivity index (χ1n) is 6.07. The first kappa shape index (κ1) is 13.9. The standard InChI is InChI=1S/C13H17NO4S/c1-9-3-4-12(11(7-9)13(15)16)14(2)10-5-6-19(17,18)8-10/h3-4,7,10H,5-6,8H2,1-2H3,(H,15,16). The summed E-state index contributed by atoms with van der Waals surface area (Å²) >= 11 is 0. The molecule has 1 atom stereocenters. The van der Waals surface area contributed by atoms with E-state index < -0.39 is 15.8 Å². The Hall–Kier alpha value is -1.56. The Balaban J connectivity index is 2.34. The third-order valence-corrected chi connectivity index (χ3v) is 5.27. The van der Waals surface area contributed by atoms with Gasteiger partial charge in [0.25, 0.3) is 0 Å². The molecule has 1 fully saturated rings. The number of rotatable bonds is 3. The largest absolute Gasteiger partial charge is 0.478 e. The number of carbonyl (C=O) groups is 1. The molecule has 6 heteroatoms. The highest BCUT2D eigenvalue weighted by Crippen LogP contribution is 2.27. The number of hydrogen-bond donors (Lipinski definition) is 1. The highest BCUT2D eigenvalue weighted by atomic mass is 32.2. The van der Waals surface area contributed by atoms with E-state index in [-0.39, 0.29) is 23.1 Å². The normalized spacial score (nSPS) is 21.3. The minimum Gasteiger partial charge on any atom is -0.478 e. The van der Waals surface area contributed by atoms with Gasteiger partial charge in [-0.1, -0.05) is 11.6 Å². The van der Waals surface area contributed by atoms with Crippen molar-refractivity contribution in [2.24, 2.45) is 0 Å². The third-order valence-electron chi connectivity index (χ3n) is 3.52. The number of aryl methyl sites for hydroxylation is 1. The van der Waals surface area contributed by atoms with Crippen LogP contribution in [0, 0.1) is 6.92 Å². The summed E-state index contributed by atoms with van der Waals surface area (Å²) in [6.07, 6.45) is 0.547. The van der Waals surface area contributed by atoms with Crippen molar-refractivity contribution in [1.82, 2.24) is 0 Å². The highest BCUT2D eigenvalue weighted by molar-refractivity contribution is 7.91. The fourth-order valence-corrected chi connectivity index (χ4v) is 4.18. The minimum atomic E-state index is -2.98. The number of carboxylic acid groups (broad SMARTS) is 1. The zero-order chi connectivity index (χ0) is 14.2. The summed E-state index contributed by atoms with van der Waals surface area (Å²) in [7, 11) is -1.23. The molecule has 5 nitrogen and oxygen atoms in total. The summed E-state index contributed by atoms with van der Waals surface area (Å²) in [6.45, 7) is 1.83. The summed E-state index contributed by atoms with van der Waals surface area (Å²) in [4.78, 5) is 13.0. The summed E-state index contributed by atoms with van der Waals surface area (Å²) in [5.41, 5.74) is 1.65. The molecule has 0 spiro atoms. The molecule has 1 aliphatic heterocycles. The zero-order valence-corrected chi connectivity index (χ0v) is 11.8. The SMILES string of the molecule is Cc1ccc(N(C)C2CCS(=O)(=O)C2)c(C(=O)O)c1. The van der Waals surface area contributed by atoms with Crippen LogP contribution in [-0.4, -0.2) is 44.1 Å². The number of benzene rings is 1. The summed E-state index contributed by atoms with van der Waals surface area (Å²) in [6, 6.07) is 5.04. The van der Waals surface area contributed by atoms with Gasteiger partial charge < -0.3 is 10.0 Å². The van der Waals surface area contributed by atoms with Crippen LogP contribution in [0.25, 0.3) is 0 Å². The van der Waals surface area contributed by atoms with Gasteiger partial charge in [0.05, 0.1) is 22.8 Å². The topological polar surface area (TPSA) is 74.7 Å². The number of aromatic carboxylic acids is 1. The lowest BCUT2D eigenvalue weighted by Gasteiger charge is -2.27. The lowest BCUT2D eigenvalue weighted by Crippen LogP contribution is -2.33. The fraction of sp³-hybridized carbons (Fsp3) is 0.462. The van der Waals surface area contributed by atoms with Gasteiger partial charge in [0, 0.05) is 13.1 Å². The van der Waals surface area contributed by atoms with Crippen molar-refractivity contribution in [3.05, 3.63) is 29.3 Å². The van der Waals surface area contributed by atoms with Gasteiger partial charge >= 0.3 is 5.97 Å². The maximum absolute atomic E-state index is 11.5. The van der Waals surface area contributed by atoms with Crippen molar-refractivity contribution >= 4 is 21.5 Å². The predicted molar refractivity (Wildman–Crippen MR) is 73.6 cm³/mol. The lowest BCUT2D eigenvalue weighted by molar-refractivity contribution is 0.0697. The van der Waals surface area contributed by atoms with E-state index in [1.54, 1.807) is 24.1 Å². The second-order valence-electron chi connectivity index (χ2n) is 4.99. The van der Waals surface area contributed by atoms with Crippen molar-refractivity contribution in [3.8, 4) is 0 Å². The van der Waals surface area contributed by atoms with Gasteiger partial charge in [-0.2, -0.15) is 0 Å². The predicted octanol–water partition coefficient (Wildman–Crippen LogP) is 1.32. The minimum absolute atomic E-state index is 0.0937. The van der Waals surface area contributed by atoms with Gasteiger partial charge in [0.2, 0.25) is 0 Å². The van der Waals surface area contributed by atoms with E-state index >= 15 is 0 Å². The maximum atomic E-state index is 11.5. The maximum Gasteiger partial charge on any atom is 0.337 e. The molecule has 1 N–H and O–H groups in total. The zero-order valence-electron chi connectivity index (χ0n) is 11.0. The Morgan fingerprint density at radius 2 is 2.11 bits per heavy atom. The second kappa shape index (κ2) is 4.85. The first-order valence-corrected chi connectivity index (χ1v) is 7.89. The number of nitrogens with zero attached hydrogens (tertiary/aromatic N) is 1. The Labute approximate surface area is 112 Å². The van der Waals surface area contributed by atoms with Gasteiger partial charge in [-0.25, -0.2) is 13.2 Å². The Morgan fingerprint density at radius 3 is 2.63 bits per heavy atom. The van der Waals surface area contributed by atoms with Crippen LogP contribution in [0.15, 0.2) is 18.2 Å². The van der Waals surface area contributed by atoms with Gasteiger partial charge in [-0.05, 0) is 25.5 Å². The molecule has 1 saturated heterocycles. The average molecular weight is 283 g/mol. The van der Waals surface area contributed by atoms with Crippen LogP contribution in [0.1, 0.15) is 22.3 Å². The van der Waals surface area contributed by atoms with Gasteiger partial charge in [0.1, 0.15) is 0 Å². The molecule has 1 aromatic carbocycles. The number of sulfone groups is 1. The van der Waals surface area contributed by atoms with Gasteiger partial charge in [-0.3, -0.25) is 0 Å². The van der Waals surface area contributed by atoms with Crippen LogP contribution in [0.3, 0.4) is 0 Å². The number of hydrogen-bond acceptors (Lipinski definition) is 4. The van der Waals surface area contributed by atoms with Crippen molar-refractivity contribution < 1.29 is 18.3 Å². The van der Waals surface area contributed by atoms with Crippen molar-refractivity contribution in [1.29, 1.82) is 0 Å². The molecule has 0 aliphatic carbocycles. The van der Waals surface area contributed by atoms with Crippen LogP contribution in [0.4, 0.5) is 5.69 Å². The van der Waals surface area contributed by atoms with Gasteiger partial charge in [0.15, 0.2) is 9.84 Å². The van der Waals surface area contributed by atoms with Crippen LogP contribution >= 0.6 is 0 Å². The summed E-state index contributed by atoms with van der Waals surface area (Å²) in [5, 5.41) is 9.24. The van der Waals surface area contributed by atoms with E-state index in [1.165, 1.54) is 0 Å². The molecular weight excluding hydrogens is 266 g/mol. The molecule has 19 heavy (non-hydrogen) atoms. The Kier molecular flexibility index (Phi) is 3.54. The van der Waals surface area contributed by atoms with Crippen molar-refractivity contribution in [2.45, 2.75) is 19.4 Å². The quantitative estimate of drug-likeness (QED) is 0.905. The fourth-order valence-electron chi connectivity index (χ4n) is 2.41. The molecule has 0 radical (unpaired) electrons. The summed E-state index contributed by atoms with van der Waals surface area (Å²) in [5.74, 6) is -0.724. The third kappa shape index (κ3) is 2.89. The molecule has 1 heterocycles. The van der Waals surface area contributed by atoms with E-state index in [0.29, 0.717) is 12.1 Å². The average Bonchev–Trinajstić information content (AvgIpc) is 2.68. The first-order chi connectivity index (χ1) is 8.80. The Bertz CT molecular complexity index is 609. The molecule has 104 valence electrons. The van der Waals surface area contributed by atoms with E-state index in [4.69, 9.17) is 0 Å². The molecular formula is C13H17NO4S. The molecule has 0 saturated carbocycles. The van der Waals surface area contributed by atoms with E-state index in [1.807, 2.05) is 13.0 Å². The van der Waals surface area contributed by atoms with Crippen LogP contribution in [-0.2, 0) is 9.84 Å². The smallest absolute Gasteiger partial charge is 0.337 e. The molecule has 0 bridgehead atoms. The van der Waals surface area contributed by atoms with Crippen molar-refractivity contribution in [2.75, 3.05) is 23.5 Å². The highest BCUT2D eigenvalue weighted by Gasteiger charge is 2.32. The van der Waals surface area contributed by atoms with Gasteiger partial charge in [-0.15, -0.1) is 0 Å².